The molecule has 0 aromatic heterocycles. The number of likely N-dealkylation sites (tertiary alicyclic amines) is 1. The van der Waals surface area contributed by atoms with Crippen LogP contribution in [0.3, 0.4) is 0 Å². The van der Waals surface area contributed by atoms with E-state index >= 15 is 0 Å². The van der Waals surface area contributed by atoms with E-state index in [-0.39, 0.29) is 12.3 Å². The van der Waals surface area contributed by atoms with Crippen molar-refractivity contribution in [2.45, 2.75) is 39.5 Å². The van der Waals surface area contributed by atoms with E-state index in [0.29, 0.717) is 5.92 Å². The van der Waals surface area contributed by atoms with Crippen molar-refractivity contribution in [2.24, 2.45) is 17.1 Å². The standard InChI is InChI=1S/C18H26N2O2/c1-18(2,17(19)22)13-16(21)20-10-8-15(9-11-20)12-14-6-4-3-5-7-14/h3-7,15H,8-13H2,1-2H3,(H2,19,22). The molecule has 120 valence electrons. The molecule has 0 saturated carbocycles. The number of piperidine rings is 1. The first-order valence-electron chi connectivity index (χ1n) is 8.00. The zero-order chi connectivity index (χ0) is 16.2. The van der Waals surface area contributed by atoms with Crippen LogP contribution in [-0.2, 0) is 16.0 Å². The summed E-state index contributed by atoms with van der Waals surface area (Å²) in [5.41, 5.74) is 5.94. The molecular weight excluding hydrogens is 276 g/mol. The third-order valence-electron chi connectivity index (χ3n) is 4.59. The van der Waals surface area contributed by atoms with Crippen molar-refractivity contribution in [3.05, 3.63) is 35.9 Å². The second-order valence-electron chi connectivity index (χ2n) is 6.94. The summed E-state index contributed by atoms with van der Waals surface area (Å²) >= 11 is 0. The Morgan fingerprint density at radius 2 is 1.77 bits per heavy atom. The molecule has 2 amide bonds. The van der Waals surface area contributed by atoms with Crippen molar-refractivity contribution < 1.29 is 9.59 Å². The van der Waals surface area contributed by atoms with Crippen LogP contribution < -0.4 is 5.73 Å². The second-order valence-corrected chi connectivity index (χ2v) is 6.94. The maximum Gasteiger partial charge on any atom is 0.223 e. The largest absolute Gasteiger partial charge is 0.369 e. The highest BCUT2D eigenvalue weighted by Gasteiger charge is 2.31. The van der Waals surface area contributed by atoms with Gasteiger partial charge in [0.2, 0.25) is 11.8 Å². The second kappa shape index (κ2) is 6.95. The van der Waals surface area contributed by atoms with Gasteiger partial charge in [0.1, 0.15) is 0 Å². The minimum Gasteiger partial charge on any atom is -0.369 e. The molecule has 1 aliphatic rings. The van der Waals surface area contributed by atoms with Crippen LogP contribution in [0.25, 0.3) is 0 Å². The molecule has 2 N–H and O–H groups in total. The van der Waals surface area contributed by atoms with Crippen LogP contribution in [0.2, 0.25) is 0 Å². The van der Waals surface area contributed by atoms with Crippen molar-refractivity contribution in [3.63, 3.8) is 0 Å². The van der Waals surface area contributed by atoms with E-state index in [1.165, 1.54) is 5.56 Å². The number of nitrogens with two attached hydrogens (primary N) is 1. The molecule has 4 heteroatoms. The van der Waals surface area contributed by atoms with Crippen LogP contribution in [0.1, 0.15) is 38.7 Å². The highest BCUT2D eigenvalue weighted by Crippen LogP contribution is 2.25. The summed E-state index contributed by atoms with van der Waals surface area (Å²) in [6.45, 7) is 5.03. The molecule has 1 saturated heterocycles. The summed E-state index contributed by atoms with van der Waals surface area (Å²) < 4.78 is 0. The topological polar surface area (TPSA) is 63.4 Å². The first kappa shape index (κ1) is 16.5. The average Bonchev–Trinajstić information content (AvgIpc) is 2.48. The SMILES string of the molecule is CC(C)(CC(=O)N1CCC(Cc2ccccc2)CC1)C(N)=O. The predicted octanol–water partition coefficient (Wildman–Crippen LogP) is 2.37. The van der Waals surface area contributed by atoms with Gasteiger partial charge in [-0.2, -0.15) is 0 Å². The van der Waals surface area contributed by atoms with E-state index < -0.39 is 11.3 Å². The van der Waals surface area contributed by atoms with Gasteiger partial charge in [0, 0.05) is 19.5 Å². The Morgan fingerprint density at radius 1 is 1.18 bits per heavy atom. The molecule has 4 nitrogen and oxygen atoms in total. The number of carbonyl (C=O) groups is 2. The molecule has 1 heterocycles. The number of nitrogens with zero attached hydrogens (tertiary/aromatic N) is 1. The number of primary amides is 1. The van der Waals surface area contributed by atoms with E-state index in [2.05, 4.69) is 24.3 Å². The molecular formula is C18H26N2O2. The molecule has 0 unspecified atom stereocenters. The quantitative estimate of drug-likeness (QED) is 0.907. The average molecular weight is 302 g/mol. The van der Waals surface area contributed by atoms with E-state index in [1.807, 2.05) is 11.0 Å². The van der Waals surface area contributed by atoms with Crippen LogP contribution in [0.5, 0.6) is 0 Å². The molecule has 22 heavy (non-hydrogen) atoms. The molecule has 1 aromatic rings. The number of hydrogen-bond acceptors (Lipinski definition) is 2. The fourth-order valence-corrected chi connectivity index (χ4v) is 2.91. The van der Waals surface area contributed by atoms with Gasteiger partial charge in [-0.3, -0.25) is 9.59 Å². The Labute approximate surface area is 132 Å². The fourth-order valence-electron chi connectivity index (χ4n) is 2.91. The lowest BCUT2D eigenvalue weighted by atomic mass is 9.86. The summed E-state index contributed by atoms with van der Waals surface area (Å²) in [6.07, 6.45) is 3.33. The Kier molecular flexibility index (Phi) is 5.22. The van der Waals surface area contributed by atoms with Crippen LogP contribution in [0.4, 0.5) is 0 Å². The van der Waals surface area contributed by atoms with Crippen LogP contribution in [0.15, 0.2) is 30.3 Å². The fraction of sp³-hybridized carbons (Fsp3) is 0.556. The van der Waals surface area contributed by atoms with Crippen molar-refractivity contribution in [1.82, 2.24) is 4.90 Å². The number of rotatable bonds is 5. The monoisotopic (exact) mass is 302 g/mol. The smallest absolute Gasteiger partial charge is 0.223 e. The Balaban J connectivity index is 1.82. The molecule has 1 aliphatic heterocycles. The molecule has 0 spiro atoms. The van der Waals surface area contributed by atoms with Crippen LogP contribution in [-0.4, -0.2) is 29.8 Å². The Hall–Kier alpha value is -1.84. The third kappa shape index (κ3) is 4.33. The van der Waals surface area contributed by atoms with Crippen LogP contribution >= 0.6 is 0 Å². The summed E-state index contributed by atoms with van der Waals surface area (Å²) in [4.78, 5) is 25.5. The lowest BCUT2D eigenvalue weighted by molar-refractivity contribution is -0.139. The lowest BCUT2D eigenvalue weighted by Gasteiger charge is -2.34. The first-order chi connectivity index (χ1) is 10.4. The van der Waals surface area contributed by atoms with Gasteiger partial charge in [0.25, 0.3) is 0 Å². The van der Waals surface area contributed by atoms with E-state index in [4.69, 9.17) is 5.73 Å². The number of carbonyl (C=O) groups excluding carboxylic acids is 2. The van der Waals surface area contributed by atoms with Crippen LogP contribution in [0, 0.1) is 11.3 Å². The van der Waals surface area contributed by atoms with Gasteiger partial charge >= 0.3 is 0 Å². The maximum atomic E-state index is 12.3. The molecule has 1 aromatic carbocycles. The van der Waals surface area contributed by atoms with Gasteiger partial charge in [-0.05, 0) is 30.7 Å². The van der Waals surface area contributed by atoms with E-state index in [0.717, 1.165) is 32.4 Å². The lowest BCUT2D eigenvalue weighted by Crippen LogP contribution is -2.43. The molecule has 2 rings (SSSR count). The van der Waals surface area contributed by atoms with Crippen molar-refractivity contribution in [3.8, 4) is 0 Å². The Bertz CT molecular complexity index is 517. The summed E-state index contributed by atoms with van der Waals surface area (Å²) in [5, 5.41) is 0. The Morgan fingerprint density at radius 3 is 2.32 bits per heavy atom. The molecule has 0 radical (unpaired) electrons. The zero-order valence-corrected chi connectivity index (χ0v) is 13.5. The molecule has 0 bridgehead atoms. The van der Waals surface area contributed by atoms with Crippen molar-refractivity contribution >= 4 is 11.8 Å². The maximum absolute atomic E-state index is 12.3. The number of amides is 2. The number of benzene rings is 1. The highest BCUT2D eigenvalue weighted by molar-refractivity contribution is 5.87. The summed E-state index contributed by atoms with van der Waals surface area (Å²) in [5.74, 6) is 0.261. The van der Waals surface area contributed by atoms with Gasteiger partial charge in [0.05, 0.1) is 5.41 Å². The van der Waals surface area contributed by atoms with Crippen molar-refractivity contribution in [1.29, 1.82) is 0 Å². The molecule has 0 atom stereocenters. The normalized spacial score (nSPS) is 16.5. The minimum absolute atomic E-state index is 0.0435. The highest BCUT2D eigenvalue weighted by atomic mass is 16.2. The summed E-state index contributed by atoms with van der Waals surface area (Å²) in [7, 11) is 0. The summed E-state index contributed by atoms with van der Waals surface area (Å²) in [6, 6.07) is 10.5. The van der Waals surface area contributed by atoms with Gasteiger partial charge in [-0.1, -0.05) is 44.2 Å². The number of hydrogen-bond donors (Lipinski definition) is 1. The van der Waals surface area contributed by atoms with Crippen molar-refractivity contribution in [2.75, 3.05) is 13.1 Å². The van der Waals surface area contributed by atoms with E-state index in [9.17, 15) is 9.59 Å². The third-order valence-corrected chi connectivity index (χ3v) is 4.59. The first-order valence-corrected chi connectivity index (χ1v) is 8.00. The van der Waals surface area contributed by atoms with Gasteiger partial charge in [-0.15, -0.1) is 0 Å². The minimum atomic E-state index is -0.766. The predicted molar refractivity (Wildman–Crippen MR) is 87.0 cm³/mol. The molecule has 0 aliphatic carbocycles. The van der Waals surface area contributed by atoms with E-state index in [1.54, 1.807) is 13.8 Å². The van der Waals surface area contributed by atoms with Gasteiger partial charge in [-0.25, -0.2) is 0 Å². The van der Waals surface area contributed by atoms with Gasteiger partial charge in [0.15, 0.2) is 0 Å². The van der Waals surface area contributed by atoms with Gasteiger partial charge < -0.3 is 10.6 Å². The molecule has 1 fully saturated rings. The zero-order valence-electron chi connectivity index (χ0n) is 13.5.